The fourth-order valence-electron chi connectivity index (χ4n) is 2.86. The second-order valence-electron chi connectivity index (χ2n) is 5.32. The van der Waals surface area contributed by atoms with Gasteiger partial charge in [-0.3, -0.25) is 19.7 Å². The monoisotopic (exact) mass is 303 g/mol. The van der Waals surface area contributed by atoms with Crippen molar-refractivity contribution in [2.24, 2.45) is 5.73 Å². The Morgan fingerprint density at radius 1 is 1.32 bits per heavy atom. The van der Waals surface area contributed by atoms with E-state index in [1.165, 1.54) is 4.90 Å². The van der Waals surface area contributed by atoms with Gasteiger partial charge in [0.2, 0.25) is 11.8 Å². The summed E-state index contributed by atoms with van der Waals surface area (Å²) >= 11 is 0. The van der Waals surface area contributed by atoms with E-state index in [0.717, 1.165) is 5.56 Å². The number of ether oxygens (including phenoxy) is 1. The molecule has 3 amide bonds. The zero-order chi connectivity index (χ0) is 15.7. The second kappa shape index (κ2) is 5.76. The molecule has 2 aliphatic rings. The van der Waals surface area contributed by atoms with Gasteiger partial charge in [-0.2, -0.15) is 0 Å². The smallest absolute Gasteiger partial charge is 0.255 e. The van der Waals surface area contributed by atoms with Gasteiger partial charge in [0.15, 0.2) is 0 Å². The molecule has 3 rings (SSSR count). The van der Waals surface area contributed by atoms with Crippen molar-refractivity contribution in [2.75, 3.05) is 13.2 Å². The first-order valence-electron chi connectivity index (χ1n) is 7.21. The number of piperidine rings is 1. The minimum Gasteiger partial charge on any atom is -0.492 e. The zero-order valence-electron chi connectivity index (χ0n) is 12.0. The first-order valence-corrected chi connectivity index (χ1v) is 7.21. The van der Waals surface area contributed by atoms with Crippen molar-refractivity contribution >= 4 is 17.7 Å². The van der Waals surface area contributed by atoms with Crippen LogP contribution in [0.1, 0.15) is 28.8 Å². The van der Waals surface area contributed by atoms with Gasteiger partial charge in [-0.25, -0.2) is 0 Å². The van der Waals surface area contributed by atoms with Crippen LogP contribution >= 0.6 is 0 Å². The summed E-state index contributed by atoms with van der Waals surface area (Å²) in [6, 6.07) is 4.64. The highest BCUT2D eigenvalue weighted by molar-refractivity contribution is 6.05. The Morgan fingerprint density at radius 2 is 2.14 bits per heavy atom. The molecule has 1 atom stereocenters. The standard InChI is InChI=1S/C15H17N3O4/c16-6-7-22-12-3-1-2-9-10(12)8-18(15(9)21)11-4-5-13(19)17-14(11)20/h1-3,11H,4-8,16H2,(H,17,19,20). The highest BCUT2D eigenvalue weighted by atomic mass is 16.5. The van der Waals surface area contributed by atoms with Crippen LogP contribution in [0.2, 0.25) is 0 Å². The number of rotatable bonds is 4. The second-order valence-corrected chi connectivity index (χ2v) is 5.32. The van der Waals surface area contributed by atoms with E-state index in [1.807, 2.05) is 0 Å². The number of imide groups is 1. The van der Waals surface area contributed by atoms with E-state index in [2.05, 4.69) is 5.32 Å². The van der Waals surface area contributed by atoms with Crippen LogP contribution < -0.4 is 15.8 Å². The zero-order valence-corrected chi connectivity index (χ0v) is 12.0. The Bertz CT molecular complexity index is 644. The lowest BCUT2D eigenvalue weighted by atomic mass is 10.0. The minimum atomic E-state index is -0.611. The molecule has 22 heavy (non-hydrogen) atoms. The minimum absolute atomic E-state index is 0.206. The number of nitrogens with one attached hydrogen (secondary N) is 1. The summed E-state index contributed by atoms with van der Waals surface area (Å²) in [4.78, 5) is 37.2. The molecule has 1 unspecified atom stereocenters. The van der Waals surface area contributed by atoms with Gasteiger partial charge in [-0.1, -0.05) is 6.07 Å². The SMILES string of the molecule is NCCOc1cccc2c1CN(C1CCC(=O)NC1=O)C2=O. The van der Waals surface area contributed by atoms with Gasteiger partial charge in [0, 0.05) is 24.1 Å². The maximum atomic E-state index is 12.5. The molecule has 116 valence electrons. The quantitative estimate of drug-likeness (QED) is 0.749. The molecular weight excluding hydrogens is 286 g/mol. The summed E-state index contributed by atoms with van der Waals surface area (Å²) in [5.41, 5.74) is 6.75. The number of carbonyl (C=O) groups is 3. The largest absolute Gasteiger partial charge is 0.492 e. The third-order valence-electron chi connectivity index (χ3n) is 3.91. The van der Waals surface area contributed by atoms with E-state index >= 15 is 0 Å². The lowest BCUT2D eigenvalue weighted by Crippen LogP contribution is -2.52. The molecule has 7 nitrogen and oxygen atoms in total. The summed E-state index contributed by atoms with van der Waals surface area (Å²) in [6.07, 6.45) is 0.594. The fraction of sp³-hybridized carbons (Fsp3) is 0.400. The van der Waals surface area contributed by atoms with Crippen LogP contribution in [0.3, 0.4) is 0 Å². The average molecular weight is 303 g/mol. The van der Waals surface area contributed by atoms with E-state index < -0.39 is 11.9 Å². The van der Waals surface area contributed by atoms with E-state index in [0.29, 0.717) is 37.4 Å². The molecule has 1 saturated heterocycles. The molecule has 1 fully saturated rings. The normalized spacial score (nSPS) is 20.9. The third-order valence-corrected chi connectivity index (χ3v) is 3.91. The van der Waals surface area contributed by atoms with Crippen molar-refractivity contribution < 1.29 is 19.1 Å². The molecule has 0 radical (unpaired) electrons. The van der Waals surface area contributed by atoms with Gasteiger partial charge >= 0.3 is 0 Å². The topological polar surface area (TPSA) is 102 Å². The van der Waals surface area contributed by atoms with Crippen LogP contribution in [0.15, 0.2) is 18.2 Å². The van der Waals surface area contributed by atoms with Crippen molar-refractivity contribution in [3.63, 3.8) is 0 Å². The van der Waals surface area contributed by atoms with Crippen molar-refractivity contribution in [3.8, 4) is 5.75 Å². The molecule has 0 aliphatic carbocycles. The lowest BCUT2D eigenvalue weighted by Gasteiger charge is -2.29. The van der Waals surface area contributed by atoms with Gasteiger partial charge in [0.25, 0.3) is 5.91 Å². The molecule has 2 heterocycles. The molecule has 7 heteroatoms. The number of hydrogen-bond donors (Lipinski definition) is 2. The summed E-state index contributed by atoms with van der Waals surface area (Å²) in [7, 11) is 0. The number of fused-ring (bicyclic) bond motifs is 1. The van der Waals surface area contributed by atoms with Crippen LogP contribution in [0, 0.1) is 0 Å². The Morgan fingerprint density at radius 3 is 2.86 bits per heavy atom. The highest BCUT2D eigenvalue weighted by Gasteiger charge is 2.40. The summed E-state index contributed by atoms with van der Waals surface area (Å²) < 4.78 is 5.57. The van der Waals surface area contributed by atoms with E-state index in [9.17, 15) is 14.4 Å². The molecule has 0 aromatic heterocycles. The molecule has 1 aromatic rings. The number of hydrogen-bond acceptors (Lipinski definition) is 5. The number of carbonyl (C=O) groups excluding carboxylic acids is 3. The van der Waals surface area contributed by atoms with Crippen LogP contribution in [0.25, 0.3) is 0 Å². The predicted molar refractivity (Wildman–Crippen MR) is 77.0 cm³/mol. The van der Waals surface area contributed by atoms with Gasteiger partial charge in [0.05, 0.1) is 6.54 Å². The van der Waals surface area contributed by atoms with Crippen LogP contribution in [0.5, 0.6) is 5.75 Å². The van der Waals surface area contributed by atoms with Crippen molar-refractivity contribution in [3.05, 3.63) is 29.3 Å². The number of benzene rings is 1. The Kier molecular flexibility index (Phi) is 3.81. The lowest BCUT2D eigenvalue weighted by molar-refractivity contribution is -0.136. The van der Waals surface area contributed by atoms with E-state index in [4.69, 9.17) is 10.5 Å². The molecule has 0 saturated carbocycles. The van der Waals surface area contributed by atoms with Gasteiger partial charge < -0.3 is 15.4 Å². The maximum Gasteiger partial charge on any atom is 0.255 e. The van der Waals surface area contributed by atoms with Crippen molar-refractivity contribution in [1.29, 1.82) is 0 Å². The summed E-state index contributed by atoms with van der Waals surface area (Å²) in [5.74, 6) is -0.298. The van der Waals surface area contributed by atoms with Gasteiger partial charge in [-0.15, -0.1) is 0 Å². The van der Waals surface area contributed by atoms with Crippen LogP contribution in [-0.4, -0.2) is 41.8 Å². The summed E-state index contributed by atoms with van der Waals surface area (Å²) in [5, 5.41) is 2.28. The van der Waals surface area contributed by atoms with Crippen LogP contribution in [-0.2, 0) is 16.1 Å². The Labute approximate surface area is 127 Å². The van der Waals surface area contributed by atoms with E-state index in [-0.39, 0.29) is 18.2 Å². The molecule has 0 bridgehead atoms. The first-order chi connectivity index (χ1) is 10.6. The molecular formula is C15H17N3O4. The number of nitrogens with zero attached hydrogens (tertiary/aromatic N) is 1. The van der Waals surface area contributed by atoms with Crippen molar-refractivity contribution in [1.82, 2.24) is 10.2 Å². The van der Waals surface area contributed by atoms with E-state index in [1.54, 1.807) is 18.2 Å². The number of nitrogens with two attached hydrogens (primary N) is 1. The highest BCUT2D eigenvalue weighted by Crippen LogP contribution is 2.33. The summed E-state index contributed by atoms with van der Waals surface area (Å²) in [6.45, 7) is 1.05. The molecule has 3 N–H and O–H groups in total. The Balaban J connectivity index is 1.84. The molecule has 1 aromatic carbocycles. The fourth-order valence-corrected chi connectivity index (χ4v) is 2.86. The average Bonchev–Trinajstić information content (AvgIpc) is 2.83. The third kappa shape index (κ3) is 2.43. The predicted octanol–water partition coefficient (Wildman–Crippen LogP) is -0.215. The molecule has 2 aliphatic heterocycles. The van der Waals surface area contributed by atoms with Gasteiger partial charge in [-0.05, 0) is 18.6 Å². The molecule has 0 spiro atoms. The van der Waals surface area contributed by atoms with Gasteiger partial charge in [0.1, 0.15) is 18.4 Å². The van der Waals surface area contributed by atoms with Crippen LogP contribution in [0.4, 0.5) is 0 Å². The maximum absolute atomic E-state index is 12.5. The number of amides is 3. The van der Waals surface area contributed by atoms with Crippen molar-refractivity contribution in [2.45, 2.75) is 25.4 Å². The Hall–Kier alpha value is -2.41. The first kappa shape index (κ1) is 14.5.